The summed E-state index contributed by atoms with van der Waals surface area (Å²) in [6.07, 6.45) is 6.59. The molecule has 0 aliphatic heterocycles. The number of ketones is 1. The van der Waals surface area contributed by atoms with Crippen molar-refractivity contribution in [1.82, 2.24) is 9.97 Å². The van der Waals surface area contributed by atoms with E-state index in [4.69, 9.17) is 0 Å². The first-order valence-electron chi connectivity index (χ1n) is 18.0. The summed E-state index contributed by atoms with van der Waals surface area (Å²) in [4.78, 5) is 21.1. The number of benzene rings is 4. The summed E-state index contributed by atoms with van der Waals surface area (Å²) in [5, 5.41) is 13.2. The van der Waals surface area contributed by atoms with Gasteiger partial charge in [0.2, 0.25) is 0 Å². The van der Waals surface area contributed by atoms with Gasteiger partial charge in [0, 0.05) is 58.5 Å². The number of carbonyl (C=O) groups excluding carboxylic acids is 1. The summed E-state index contributed by atoms with van der Waals surface area (Å²) in [7, 11) is 0. The van der Waals surface area contributed by atoms with Gasteiger partial charge in [-0.05, 0) is 78.8 Å². The third-order valence-corrected chi connectivity index (χ3v) is 11.1. The second-order valence-corrected chi connectivity index (χ2v) is 15.5. The van der Waals surface area contributed by atoms with Gasteiger partial charge in [0.1, 0.15) is 6.33 Å². The summed E-state index contributed by atoms with van der Waals surface area (Å²) >= 11 is 1.77. The number of carbonyl (C=O) groups is 1. The maximum Gasteiger partial charge on any atom is 0.162 e. The number of hydrogen-bond acceptors (Lipinski definition) is 5. The Hall–Kier alpha value is -3.70. The van der Waals surface area contributed by atoms with Gasteiger partial charge in [0.15, 0.2) is 5.78 Å². The minimum atomic E-state index is 0. The fourth-order valence-corrected chi connectivity index (χ4v) is 8.01. The largest absolute Gasteiger partial charge is 0.512 e. The molecule has 1 radical (unpaired) electrons. The van der Waals surface area contributed by atoms with Crippen LogP contribution in [-0.2, 0) is 30.3 Å². The average molecular weight is 876 g/mol. The van der Waals surface area contributed by atoms with E-state index < -0.39 is 0 Å². The quantitative estimate of drug-likeness (QED) is 0.0893. The number of aliphatic hydroxyl groups is 1. The molecule has 0 unspecified atom stereocenters. The molecule has 0 bridgehead atoms. The predicted molar refractivity (Wildman–Crippen MR) is 214 cm³/mol. The molecule has 0 saturated carbocycles. The molecule has 51 heavy (non-hydrogen) atoms. The molecule has 0 saturated heterocycles. The van der Waals surface area contributed by atoms with Crippen molar-refractivity contribution in [2.24, 2.45) is 11.8 Å². The predicted octanol–water partition coefficient (Wildman–Crippen LogP) is 12.9. The van der Waals surface area contributed by atoms with Gasteiger partial charge in [-0.1, -0.05) is 102 Å². The number of rotatable bonds is 9. The molecule has 6 heteroatoms. The van der Waals surface area contributed by atoms with Crippen molar-refractivity contribution in [3.05, 3.63) is 108 Å². The SMILES string of the molecule is CCC(CC)C(=O)/C=C(\O)C(CC)CC.Cc1cc(C(C)(C)C)cc(C)c1-c1ccc2c(c1)sc1c(-c3[c-]c4ccccc4cc3)ncnc12.[Ir]. The number of hydrogen-bond donors (Lipinski definition) is 1. The number of aromatic nitrogens is 2. The number of fused-ring (bicyclic) bond motifs is 4. The fraction of sp³-hybridized carbons (Fsp3) is 0.356. The smallest absolute Gasteiger partial charge is 0.162 e. The summed E-state index contributed by atoms with van der Waals surface area (Å²) in [6, 6.07) is 27.6. The number of aliphatic hydroxyl groups excluding tert-OH is 1. The van der Waals surface area contributed by atoms with Crippen LogP contribution in [-0.4, -0.2) is 20.9 Å². The Morgan fingerprint density at radius 2 is 1.51 bits per heavy atom. The van der Waals surface area contributed by atoms with Gasteiger partial charge < -0.3 is 5.11 Å². The molecule has 2 aromatic heterocycles. The van der Waals surface area contributed by atoms with Crippen LogP contribution >= 0.6 is 11.3 Å². The van der Waals surface area contributed by atoms with Gasteiger partial charge >= 0.3 is 0 Å². The molecule has 4 aromatic carbocycles. The molecule has 4 nitrogen and oxygen atoms in total. The Morgan fingerprint density at radius 1 is 0.863 bits per heavy atom. The Labute approximate surface area is 321 Å². The van der Waals surface area contributed by atoms with E-state index >= 15 is 0 Å². The molecule has 6 rings (SSSR count). The van der Waals surface area contributed by atoms with E-state index in [0.717, 1.165) is 52.5 Å². The third-order valence-electron chi connectivity index (χ3n) is 9.94. The number of allylic oxidation sites excluding steroid dienone is 2. The number of thiophene rings is 1. The van der Waals surface area contributed by atoms with E-state index in [-0.39, 0.29) is 48.9 Å². The monoisotopic (exact) mass is 876 g/mol. The van der Waals surface area contributed by atoms with Crippen molar-refractivity contribution in [1.29, 1.82) is 0 Å². The zero-order valence-corrected chi connectivity index (χ0v) is 34.7. The molecule has 0 aliphatic carbocycles. The van der Waals surface area contributed by atoms with E-state index in [2.05, 4.69) is 117 Å². The first-order valence-corrected chi connectivity index (χ1v) is 18.9. The maximum absolute atomic E-state index is 11.7. The molecular weight excluding hydrogens is 825 g/mol. The van der Waals surface area contributed by atoms with Gasteiger partial charge in [-0.25, -0.2) is 4.98 Å². The Balaban J connectivity index is 0.000000312. The van der Waals surface area contributed by atoms with Gasteiger partial charge in [-0.2, -0.15) is 0 Å². The summed E-state index contributed by atoms with van der Waals surface area (Å²) in [5.41, 5.74) is 9.71. The molecule has 0 aliphatic rings. The second kappa shape index (κ2) is 17.2. The molecule has 0 spiro atoms. The van der Waals surface area contributed by atoms with Crippen molar-refractivity contribution in [2.75, 3.05) is 0 Å². The summed E-state index contributed by atoms with van der Waals surface area (Å²) < 4.78 is 2.35. The molecule has 0 amide bonds. The number of nitrogens with zero attached hydrogens (tertiary/aromatic N) is 2. The summed E-state index contributed by atoms with van der Waals surface area (Å²) in [6.45, 7) is 19.3. The van der Waals surface area contributed by atoms with Crippen LogP contribution in [0.15, 0.2) is 84.9 Å². The molecule has 0 fully saturated rings. The minimum Gasteiger partial charge on any atom is -0.512 e. The Bertz CT molecular complexity index is 2140. The van der Waals surface area contributed by atoms with Crippen molar-refractivity contribution >= 4 is 48.2 Å². The van der Waals surface area contributed by atoms with E-state index in [1.807, 2.05) is 27.7 Å². The van der Waals surface area contributed by atoms with Crippen LogP contribution < -0.4 is 0 Å². The van der Waals surface area contributed by atoms with E-state index in [1.54, 1.807) is 17.7 Å². The van der Waals surface area contributed by atoms with Crippen LogP contribution in [0.3, 0.4) is 0 Å². The molecule has 1 N–H and O–H groups in total. The van der Waals surface area contributed by atoms with E-state index in [9.17, 15) is 9.90 Å². The van der Waals surface area contributed by atoms with Crippen LogP contribution in [0.25, 0.3) is 53.5 Å². The van der Waals surface area contributed by atoms with Gasteiger partial charge in [-0.15, -0.1) is 41.0 Å². The fourth-order valence-electron chi connectivity index (χ4n) is 6.81. The van der Waals surface area contributed by atoms with Crippen molar-refractivity contribution < 1.29 is 30.0 Å². The van der Waals surface area contributed by atoms with Crippen LogP contribution in [0.5, 0.6) is 0 Å². The first-order chi connectivity index (χ1) is 23.9. The molecule has 6 aromatic rings. The van der Waals surface area contributed by atoms with E-state index in [0.29, 0.717) is 0 Å². The number of aryl methyl sites for hydroxylation is 2. The maximum atomic E-state index is 11.7. The Kier molecular flexibility index (Phi) is 13.5. The van der Waals surface area contributed by atoms with Crippen LogP contribution in [0.4, 0.5) is 0 Å². The van der Waals surface area contributed by atoms with Crippen LogP contribution in [0, 0.1) is 31.7 Å². The van der Waals surface area contributed by atoms with E-state index in [1.165, 1.54) is 49.4 Å². The Morgan fingerprint density at radius 3 is 2.14 bits per heavy atom. The zero-order valence-electron chi connectivity index (χ0n) is 31.5. The first kappa shape index (κ1) is 40.1. The standard InChI is InChI=1S/C32H27N2S.C13H24O2.Ir/c1-19-14-25(32(3,4)5)15-20(2)28(19)23-12-13-26-27(17-23)35-31-29(33-18-34-30(26)31)24-11-10-21-8-6-7-9-22(21)16-24;1-5-10(6-2)12(14)9-13(15)11(7-3)8-4;/h6-15,17-18H,1-5H3;9-11,14H,5-8H2,1-4H3;/q-1;;/b;12-9-;. The topological polar surface area (TPSA) is 63.1 Å². The summed E-state index contributed by atoms with van der Waals surface area (Å²) in [5.74, 6) is 0.547. The van der Waals surface area contributed by atoms with Crippen LogP contribution in [0.2, 0.25) is 0 Å². The molecule has 2 heterocycles. The normalized spacial score (nSPS) is 12.0. The van der Waals surface area contributed by atoms with Crippen LogP contribution in [0.1, 0.15) is 90.8 Å². The molecular formula is C45H51IrN2O2S-. The van der Waals surface area contributed by atoms with Crippen molar-refractivity contribution in [3.63, 3.8) is 0 Å². The van der Waals surface area contributed by atoms with Crippen molar-refractivity contribution in [3.8, 4) is 22.4 Å². The zero-order chi connectivity index (χ0) is 36.2. The molecule has 269 valence electrons. The van der Waals surface area contributed by atoms with Crippen molar-refractivity contribution in [2.45, 2.75) is 93.4 Å². The third kappa shape index (κ3) is 8.85. The van der Waals surface area contributed by atoms with Gasteiger partial charge in [-0.3, -0.25) is 9.78 Å². The minimum absolute atomic E-state index is 0. The average Bonchev–Trinajstić information content (AvgIpc) is 3.47. The van der Waals surface area contributed by atoms with Gasteiger partial charge in [0.25, 0.3) is 0 Å². The molecule has 0 atom stereocenters. The second-order valence-electron chi connectivity index (χ2n) is 14.4. The van der Waals surface area contributed by atoms with Gasteiger partial charge in [0.05, 0.1) is 11.3 Å².